The van der Waals surface area contributed by atoms with Crippen molar-refractivity contribution in [3.8, 4) is 11.5 Å². The number of fused-ring (bicyclic) bond motifs is 2. The molecule has 0 unspecified atom stereocenters. The number of aromatic nitrogens is 6. The third-order valence-corrected chi connectivity index (χ3v) is 25.9. The lowest BCUT2D eigenvalue weighted by atomic mass is 9.85. The molecule has 6 aliphatic rings. The standard InChI is InChI=1S/C92H106N18O16S2/c1-55(93-9)81(111)99-79(91(3,4)5)89(119)107-51-67-47-77(107)87(117)97-73(45-59-29-35-61-21-17-19-23-63(61)41-59)83(113)95-75(85(115)103-127(121,122)71-25-13-11-14-26-71)43-57-33-39-70(40-34-57)126-54-66-50-110(106-102-66)68-48-78(108(52-68)90(120)80(92(6,7)8)100-82(112)56(2)94-10)88(118)98-74(46-60-30-36-62-22-18-20-24-64(62)42-60)84(114)96-76(86(116)104-128(123,124)72-27-15-12-16-28-72)44-58-31-37-69(38-32-58)125-53-65-49-109(67)105-101-65/h11-42,49-50,55-56,67-68,73-80,93-94H,43-48,51-54H2,1-10H3,(H,95,113)(H,96,114)(H,97,117)(H,98,118)(H,99,111)(H,100,112)(H,103,115)(H,104,116)/t55-,56-,67-,68-,73-,74-,75-,76-,77-,78-,79+,80+/m0/s1. The lowest BCUT2D eigenvalue weighted by Crippen LogP contribution is -2.61. The SMILES string of the molecule is CN[C@@H](C)C(=O)N[C@H](C(=O)N1C[C@@H]2C[C@H]1C(=O)N[C@@H](Cc1ccc3ccccc3c1)C(=O)N[C@H](C(=O)NS(=O)(=O)c1ccccc1)Cc1ccc(cc1)OCc1cn(nn1)[C@H]1C[C@@H](C(=O)N[C@@H](Cc3ccc4ccccc4c3)C(=O)N[C@H](C(=O)NS(=O)(=O)c3ccccc3)Cc3ccc(cc3)OCc3cn2nn3)N(C(=O)[C@@H](NC(=O)[C@H](C)NC)C(C)(C)C)C1)C(C)(C)C. The molecule has 6 aliphatic heterocycles. The maximum Gasteiger partial charge on any atom is 0.264 e. The van der Waals surface area contributed by atoms with Crippen LogP contribution < -0.4 is 61.5 Å². The summed E-state index contributed by atoms with van der Waals surface area (Å²) in [4.78, 5) is 153. The average Bonchev–Trinajstić information content (AvgIpc) is 1.63. The molecule has 2 aromatic heterocycles. The van der Waals surface area contributed by atoms with Crippen LogP contribution in [0.5, 0.6) is 11.5 Å². The Morgan fingerprint density at radius 1 is 0.453 bits per heavy atom. The zero-order chi connectivity index (χ0) is 91.5. The van der Waals surface area contributed by atoms with Gasteiger partial charge in [-0.3, -0.25) is 47.9 Å². The van der Waals surface area contributed by atoms with Gasteiger partial charge in [0.15, 0.2) is 0 Å². The van der Waals surface area contributed by atoms with E-state index < -0.39 is 162 Å². The molecule has 36 heteroatoms. The van der Waals surface area contributed by atoms with E-state index in [9.17, 15) is 36.0 Å². The summed E-state index contributed by atoms with van der Waals surface area (Å²) >= 11 is 0. The van der Waals surface area contributed by atoms with Gasteiger partial charge < -0.3 is 61.8 Å². The van der Waals surface area contributed by atoms with Crippen LogP contribution in [-0.4, -0.2) is 203 Å². The van der Waals surface area contributed by atoms with Crippen molar-refractivity contribution in [2.75, 3.05) is 27.2 Å². The van der Waals surface area contributed by atoms with Gasteiger partial charge in [0.05, 0.1) is 46.4 Å². The number of rotatable bonds is 18. The van der Waals surface area contributed by atoms with Crippen molar-refractivity contribution in [1.82, 2.24) is 91.8 Å². The second-order valence-corrected chi connectivity index (χ2v) is 38.0. The summed E-state index contributed by atoms with van der Waals surface area (Å²) in [6, 6.07) is 38.3. The average molecular weight is 1780 g/mol. The molecule has 0 spiro atoms. The smallest absolute Gasteiger partial charge is 0.264 e. The molecule has 2 fully saturated rings. The first kappa shape index (κ1) is 92.4. The monoisotopic (exact) mass is 1780 g/mol. The van der Waals surface area contributed by atoms with E-state index in [1.165, 1.54) is 67.7 Å². The number of amides is 10. The molecule has 128 heavy (non-hydrogen) atoms. The van der Waals surface area contributed by atoms with Crippen LogP contribution in [0.4, 0.5) is 0 Å². The van der Waals surface area contributed by atoms with Gasteiger partial charge in [-0.15, -0.1) is 10.2 Å². The van der Waals surface area contributed by atoms with Gasteiger partial charge in [0.2, 0.25) is 47.3 Å². The quantitative estimate of drug-likeness (QED) is 0.0532. The number of carbonyl (C=O) groups excluding carboxylic acids is 10. The fourth-order valence-electron chi connectivity index (χ4n) is 15.6. The molecule has 16 rings (SSSR count). The molecule has 0 saturated carbocycles. The number of likely N-dealkylation sites (N-methyl/N-ethyl adjacent to an activating group) is 2. The molecule has 12 atom stereocenters. The van der Waals surface area contributed by atoms with E-state index in [2.05, 4.69) is 72.6 Å². The molecule has 8 heterocycles. The van der Waals surface area contributed by atoms with Crippen molar-refractivity contribution in [1.29, 1.82) is 0 Å². The van der Waals surface area contributed by atoms with Crippen LogP contribution >= 0.6 is 0 Å². The predicted octanol–water partition coefficient (Wildman–Crippen LogP) is 5.13. The first-order valence-electron chi connectivity index (χ1n) is 42.2. The molecule has 12 bridgehead atoms. The van der Waals surface area contributed by atoms with Crippen molar-refractivity contribution in [2.45, 2.75) is 189 Å². The van der Waals surface area contributed by atoms with Crippen LogP contribution in [0.2, 0.25) is 0 Å². The lowest BCUT2D eigenvalue weighted by molar-refractivity contribution is -0.144. The van der Waals surface area contributed by atoms with Crippen molar-refractivity contribution in [3.63, 3.8) is 0 Å². The summed E-state index contributed by atoms with van der Waals surface area (Å²) in [6.45, 7) is 13.1. The van der Waals surface area contributed by atoms with E-state index in [0.717, 1.165) is 21.5 Å². The van der Waals surface area contributed by atoms with E-state index in [0.29, 0.717) is 22.3 Å². The van der Waals surface area contributed by atoms with Gasteiger partial charge in [-0.1, -0.05) is 198 Å². The number of nitrogens with zero attached hydrogens (tertiary/aromatic N) is 8. The zero-order valence-electron chi connectivity index (χ0n) is 72.6. The predicted molar refractivity (Wildman–Crippen MR) is 474 cm³/mol. The third-order valence-electron chi connectivity index (χ3n) is 23.2. The molecule has 672 valence electrons. The highest BCUT2D eigenvalue weighted by Gasteiger charge is 2.49. The molecule has 0 aliphatic carbocycles. The van der Waals surface area contributed by atoms with Crippen LogP contribution in [0.1, 0.15) is 114 Å². The van der Waals surface area contributed by atoms with E-state index in [1.54, 1.807) is 155 Å². The number of nitrogens with one attached hydrogen (secondary N) is 10. The highest BCUT2D eigenvalue weighted by atomic mass is 32.2. The van der Waals surface area contributed by atoms with Crippen LogP contribution in [0.25, 0.3) is 21.5 Å². The van der Waals surface area contributed by atoms with Crippen molar-refractivity contribution >= 4 is 101 Å². The minimum absolute atomic E-state index is 0.120. The molecule has 2 saturated heterocycles. The van der Waals surface area contributed by atoms with Gasteiger partial charge in [-0.25, -0.2) is 35.6 Å². The Bertz CT molecular complexity index is 5630. The topological polar surface area (TPSA) is 446 Å². The zero-order valence-corrected chi connectivity index (χ0v) is 74.2. The highest BCUT2D eigenvalue weighted by Crippen LogP contribution is 2.35. The van der Waals surface area contributed by atoms with Crippen LogP contribution in [-0.2, 0) is 107 Å². The summed E-state index contributed by atoms with van der Waals surface area (Å²) < 4.78 is 76.0. The van der Waals surface area contributed by atoms with E-state index in [4.69, 9.17) is 9.47 Å². The Morgan fingerprint density at radius 2 is 0.805 bits per heavy atom. The van der Waals surface area contributed by atoms with Crippen LogP contribution in [0.15, 0.2) is 216 Å². The molecule has 34 nitrogen and oxygen atoms in total. The van der Waals surface area contributed by atoms with Crippen molar-refractivity contribution < 1.29 is 74.3 Å². The summed E-state index contributed by atoms with van der Waals surface area (Å²) in [7, 11) is -5.98. The summed E-state index contributed by atoms with van der Waals surface area (Å²) in [5.74, 6) is -7.45. The second kappa shape index (κ2) is 39.7. The Morgan fingerprint density at radius 3 is 1.16 bits per heavy atom. The molecular formula is C92H106N18O16S2. The van der Waals surface area contributed by atoms with Gasteiger partial charge in [0, 0.05) is 51.6 Å². The number of hydrogen-bond acceptors (Lipinski definition) is 22. The van der Waals surface area contributed by atoms with Gasteiger partial charge in [0.25, 0.3) is 31.9 Å². The normalized spacial score (nSPS) is 20.4. The maximum absolute atomic E-state index is 15.7. The van der Waals surface area contributed by atoms with Gasteiger partial charge >= 0.3 is 0 Å². The maximum atomic E-state index is 15.7. The fourth-order valence-corrected chi connectivity index (χ4v) is 17.7. The van der Waals surface area contributed by atoms with Crippen LogP contribution in [0.3, 0.4) is 0 Å². The van der Waals surface area contributed by atoms with Gasteiger partial charge in [-0.05, 0) is 131 Å². The molecule has 10 aromatic rings. The number of hydrogen-bond donors (Lipinski definition) is 10. The number of sulfonamides is 2. The molecule has 0 radical (unpaired) electrons. The highest BCUT2D eigenvalue weighted by molar-refractivity contribution is 7.90. The summed E-state index contributed by atoms with van der Waals surface area (Å²) in [5.41, 5.74) is 0.581. The molecule has 8 aromatic carbocycles. The second-order valence-electron chi connectivity index (χ2n) is 34.7. The minimum Gasteiger partial charge on any atom is -0.487 e. The van der Waals surface area contributed by atoms with Crippen LogP contribution in [0, 0.1) is 10.8 Å². The van der Waals surface area contributed by atoms with E-state index in [1.807, 2.05) is 72.8 Å². The first-order chi connectivity index (χ1) is 61.0. The van der Waals surface area contributed by atoms with Crippen molar-refractivity contribution in [2.24, 2.45) is 10.8 Å². The Kier molecular flexibility index (Phi) is 28.6. The molecule has 10 N–H and O–H groups in total. The lowest BCUT2D eigenvalue weighted by Gasteiger charge is -2.36. The third kappa shape index (κ3) is 22.7. The molecule has 10 amide bonds. The van der Waals surface area contributed by atoms with Gasteiger partial charge in [-0.2, -0.15) is 0 Å². The Hall–Kier alpha value is -13.3. The number of benzene rings is 8. The fraction of sp³-hybridized carbons (Fsp3) is 0.370. The first-order valence-corrected chi connectivity index (χ1v) is 45.2. The number of likely N-dealkylation sites (tertiary alicyclic amines) is 2. The number of ether oxygens (including phenoxy) is 2. The van der Waals surface area contributed by atoms with E-state index in [-0.39, 0.29) is 97.5 Å². The summed E-state index contributed by atoms with van der Waals surface area (Å²) in [6.07, 6.45) is 1.85. The van der Waals surface area contributed by atoms with Crippen molar-refractivity contribution in [3.05, 3.63) is 240 Å². The summed E-state index contributed by atoms with van der Waals surface area (Å²) in [5, 5.41) is 44.1. The largest absolute Gasteiger partial charge is 0.487 e. The minimum atomic E-state index is -4.58. The van der Waals surface area contributed by atoms with E-state index >= 15 is 28.8 Å². The van der Waals surface area contributed by atoms with Gasteiger partial charge in [0.1, 0.15) is 84.4 Å². The Balaban J connectivity index is 0.875. The Labute approximate surface area is 741 Å². The number of carbonyl (C=O) groups is 10. The molecular weight excluding hydrogens is 1680 g/mol.